The summed E-state index contributed by atoms with van der Waals surface area (Å²) >= 11 is 0. The predicted octanol–water partition coefficient (Wildman–Crippen LogP) is 2.14. The van der Waals surface area contributed by atoms with Gasteiger partial charge < -0.3 is 10.6 Å². The van der Waals surface area contributed by atoms with E-state index in [0.717, 1.165) is 38.9 Å². The number of nitrogens with zero attached hydrogens (tertiary/aromatic N) is 1. The van der Waals surface area contributed by atoms with Crippen molar-refractivity contribution in [3.63, 3.8) is 0 Å². The molecule has 2 aliphatic rings. The zero-order valence-electron chi connectivity index (χ0n) is 14.5. The number of carbonyl (C=O) groups excluding carboxylic acids is 1. The Kier molecular flexibility index (Phi) is 4.99. The zero-order chi connectivity index (χ0) is 15.7. The number of nitrogens with one attached hydrogen (secondary N) is 2. The lowest BCUT2D eigenvalue weighted by atomic mass is 9.77. The molecule has 0 aliphatic carbocycles. The molecule has 0 saturated carbocycles. The Balaban J connectivity index is 1.84. The van der Waals surface area contributed by atoms with Gasteiger partial charge in [0.25, 0.3) is 0 Å². The van der Waals surface area contributed by atoms with Crippen LogP contribution in [0.2, 0.25) is 0 Å². The highest BCUT2D eigenvalue weighted by atomic mass is 16.2. The quantitative estimate of drug-likeness (QED) is 0.820. The van der Waals surface area contributed by atoms with Crippen LogP contribution in [0.5, 0.6) is 0 Å². The van der Waals surface area contributed by atoms with E-state index in [1.54, 1.807) is 0 Å². The van der Waals surface area contributed by atoms with Gasteiger partial charge in [-0.25, -0.2) is 0 Å². The van der Waals surface area contributed by atoms with Gasteiger partial charge in [-0.15, -0.1) is 0 Å². The van der Waals surface area contributed by atoms with E-state index in [-0.39, 0.29) is 22.9 Å². The van der Waals surface area contributed by atoms with Gasteiger partial charge in [0.05, 0.1) is 6.04 Å². The van der Waals surface area contributed by atoms with Crippen molar-refractivity contribution >= 4 is 5.91 Å². The highest BCUT2D eigenvalue weighted by Crippen LogP contribution is 2.30. The van der Waals surface area contributed by atoms with E-state index in [4.69, 9.17) is 0 Å². The maximum atomic E-state index is 12.6. The predicted molar refractivity (Wildman–Crippen MR) is 87.3 cm³/mol. The summed E-state index contributed by atoms with van der Waals surface area (Å²) in [5, 5.41) is 6.70. The molecule has 2 rings (SSSR count). The van der Waals surface area contributed by atoms with Crippen molar-refractivity contribution < 1.29 is 4.79 Å². The Morgan fingerprint density at radius 1 is 1.24 bits per heavy atom. The van der Waals surface area contributed by atoms with Crippen LogP contribution in [-0.2, 0) is 4.79 Å². The first-order valence-electron chi connectivity index (χ1n) is 8.49. The average Bonchev–Trinajstić information content (AvgIpc) is 2.37. The fraction of sp³-hybridized carbons (Fsp3) is 0.941. The van der Waals surface area contributed by atoms with E-state index in [0.29, 0.717) is 6.04 Å². The summed E-state index contributed by atoms with van der Waals surface area (Å²) in [4.78, 5) is 15.1. The van der Waals surface area contributed by atoms with E-state index >= 15 is 0 Å². The van der Waals surface area contributed by atoms with Gasteiger partial charge in [0, 0.05) is 24.7 Å². The third kappa shape index (κ3) is 4.19. The lowest BCUT2D eigenvalue weighted by Crippen LogP contribution is -2.58. The maximum absolute atomic E-state index is 12.6. The van der Waals surface area contributed by atoms with E-state index in [9.17, 15) is 4.79 Å². The van der Waals surface area contributed by atoms with Crippen molar-refractivity contribution in [2.45, 2.75) is 77.9 Å². The van der Waals surface area contributed by atoms with Gasteiger partial charge in [0.15, 0.2) is 0 Å². The fourth-order valence-electron chi connectivity index (χ4n) is 3.64. The van der Waals surface area contributed by atoms with Gasteiger partial charge in [-0.3, -0.25) is 9.69 Å². The van der Waals surface area contributed by atoms with Crippen LogP contribution in [0.25, 0.3) is 0 Å². The number of hydrogen-bond acceptors (Lipinski definition) is 3. The van der Waals surface area contributed by atoms with Crippen molar-refractivity contribution in [1.82, 2.24) is 15.5 Å². The van der Waals surface area contributed by atoms with Crippen molar-refractivity contribution in [1.29, 1.82) is 0 Å². The van der Waals surface area contributed by atoms with Crippen LogP contribution in [-0.4, -0.2) is 48.1 Å². The van der Waals surface area contributed by atoms with Crippen LogP contribution in [0.3, 0.4) is 0 Å². The Labute approximate surface area is 130 Å². The third-order valence-corrected chi connectivity index (χ3v) is 5.18. The van der Waals surface area contributed by atoms with Gasteiger partial charge >= 0.3 is 0 Å². The minimum absolute atomic E-state index is 0.0353. The largest absolute Gasteiger partial charge is 0.352 e. The van der Waals surface area contributed by atoms with Crippen molar-refractivity contribution in [3.05, 3.63) is 0 Å². The first kappa shape index (κ1) is 16.8. The zero-order valence-corrected chi connectivity index (χ0v) is 14.5. The Bertz CT molecular complexity index is 365. The molecule has 21 heavy (non-hydrogen) atoms. The molecule has 2 N–H and O–H groups in total. The first-order valence-corrected chi connectivity index (χ1v) is 8.49. The minimum Gasteiger partial charge on any atom is -0.352 e. The van der Waals surface area contributed by atoms with Gasteiger partial charge in [-0.05, 0) is 58.4 Å². The first-order chi connectivity index (χ1) is 9.70. The van der Waals surface area contributed by atoms with Gasteiger partial charge in [0.2, 0.25) is 5.91 Å². The van der Waals surface area contributed by atoms with E-state index in [2.05, 4.69) is 50.2 Å². The monoisotopic (exact) mass is 295 g/mol. The summed E-state index contributed by atoms with van der Waals surface area (Å²) in [6.45, 7) is 14.3. The molecular formula is C17H33N3O. The molecule has 2 aliphatic heterocycles. The molecule has 1 amide bonds. The van der Waals surface area contributed by atoms with Crippen molar-refractivity contribution in [2.24, 2.45) is 5.41 Å². The summed E-state index contributed by atoms with van der Waals surface area (Å²) in [6.07, 6.45) is 4.42. The molecule has 1 atom stereocenters. The van der Waals surface area contributed by atoms with E-state index in [1.165, 1.54) is 6.42 Å². The molecule has 4 heteroatoms. The molecule has 0 aromatic heterocycles. The van der Waals surface area contributed by atoms with Gasteiger partial charge in [0.1, 0.15) is 0 Å². The highest BCUT2D eigenvalue weighted by molar-refractivity contribution is 5.83. The molecule has 2 heterocycles. The van der Waals surface area contributed by atoms with Crippen molar-refractivity contribution in [2.75, 3.05) is 19.6 Å². The molecule has 2 saturated heterocycles. The summed E-state index contributed by atoms with van der Waals surface area (Å²) in [7, 11) is 0. The van der Waals surface area contributed by atoms with Crippen LogP contribution in [0, 0.1) is 5.41 Å². The van der Waals surface area contributed by atoms with Gasteiger partial charge in [-0.2, -0.15) is 0 Å². The van der Waals surface area contributed by atoms with Crippen molar-refractivity contribution in [3.8, 4) is 0 Å². The second-order valence-corrected chi connectivity index (χ2v) is 8.42. The Morgan fingerprint density at radius 2 is 1.86 bits per heavy atom. The van der Waals surface area contributed by atoms with Crippen LogP contribution < -0.4 is 10.6 Å². The molecule has 0 spiro atoms. The average molecular weight is 295 g/mol. The number of rotatable bonds is 2. The molecule has 4 nitrogen and oxygen atoms in total. The van der Waals surface area contributed by atoms with Crippen LogP contribution >= 0.6 is 0 Å². The lowest BCUT2D eigenvalue weighted by molar-refractivity contribution is -0.127. The molecule has 122 valence electrons. The van der Waals surface area contributed by atoms with Crippen LogP contribution in [0.1, 0.15) is 60.3 Å². The minimum atomic E-state index is -0.0353. The fourth-order valence-corrected chi connectivity index (χ4v) is 3.64. The lowest BCUT2D eigenvalue weighted by Gasteiger charge is -2.42. The molecule has 0 radical (unpaired) electrons. The topological polar surface area (TPSA) is 44.4 Å². The molecule has 2 fully saturated rings. The summed E-state index contributed by atoms with van der Waals surface area (Å²) in [6, 6.07) is 0.308. The normalized spacial score (nSPS) is 28.3. The van der Waals surface area contributed by atoms with E-state index in [1.807, 2.05) is 0 Å². The smallest absolute Gasteiger partial charge is 0.237 e. The summed E-state index contributed by atoms with van der Waals surface area (Å²) in [5.74, 6) is 0.203. The van der Waals surface area contributed by atoms with E-state index < -0.39 is 0 Å². The molecule has 1 unspecified atom stereocenters. The Morgan fingerprint density at radius 3 is 2.38 bits per heavy atom. The maximum Gasteiger partial charge on any atom is 0.237 e. The standard InChI is InChI=1S/C17H33N3O/c1-16(2,3)20-11-7-13(8-12-20)19-15(21)14-17(4,5)9-6-10-18-14/h13-14,18H,6-12H2,1-5H3,(H,19,21). The highest BCUT2D eigenvalue weighted by Gasteiger charge is 2.38. The molecule has 0 aromatic rings. The SMILES string of the molecule is CC1(C)CCCNC1C(=O)NC1CCN(C(C)(C)C)CC1. The molecular weight excluding hydrogens is 262 g/mol. The third-order valence-electron chi connectivity index (χ3n) is 5.18. The van der Waals surface area contributed by atoms with Crippen LogP contribution in [0.4, 0.5) is 0 Å². The number of likely N-dealkylation sites (tertiary alicyclic amines) is 1. The van der Waals surface area contributed by atoms with Crippen LogP contribution in [0.15, 0.2) is 0 Å². The second kappa shape index (κ2) is 6.25. The summed E-state index contributed by atoms with van der Waals surface area (Å²) < 4.78 is 0. The number of amides is 1. The molecule has 0 aromatic carbocycles. The number of piperidine rings is 2. The molecule has 0 bridgehead atoms. The summed E-state index contributed by atoms with van der Waals surface area (Å²) in [5.41, 5.74) is 0.302. The Hall–Kier alpha value is -0.610. The number of carbonyl (C=O) groups is 1. The number of hydrogen-bond donors (Lipinski definition) is 2. The second-order valence-electron chi connectivity index (χ2n) is 8.42. The van der Waals surface area contributed by atoms with Gasteiger partial charge in [-0.1, -0.05) is 13.8 Å².